The summed E-state index contributed by atoms with van der Waals surface area (Å²) in [4.78, 5) is 23.6. The molecule has 0 bridgehead atoms. The number of nitrogens with one attached hydrogen (secondary N) is 3. The van der Waals surface area contributed by atoms with E-state index in [2.05, 4.69) is 16.0 Å². The molecule has 0 aromatic heterocycles. The number of halogens is 1. The highest BCUT2D eigenvalue weighted by Crippen LogP contribution is 2.21. The Bertz CT molecular complexity index is 1030. The van der Waals surface area contributed by atoms with Gasteiger partial charge in [0, 0.05) is 37.1 Å². The second-order valence-corrected chi connectivity index (χ2v) is 8.96. The summed E-state index contributed by atoms with van der Waals surface area (Å²) < 4.78 is 39.2. The quantitative estimate of drug-likeness (QED) is 0.668. The fraction of sp³-hybridized carbons (Fsp3) is 0.263. The molecule has 0 saturated heterocycles. The highest BCUT2D eigenvalue weighted by atomic mass is 32.2. The number of rotatable bonds is 6. The second-order valence-electron chi connectivity index (χ2n) is 6.84. The summed E-state index contributed by atoms with van der Waals surface area (Å²) in [6.07, 6.45) is 1.97. The van der Waals surface area contributed by atoms with Gasteiger partial charge >= 0.3 is 6.03 Å². The first kappa shape index (κ1) is 20.7. The maximum Gasteiger partial charge on any atom is 0.319 e. The Morgan fingerprint density at radius 1 is 1.00 bits per heavy atom. The van der Waals surface area contributed by atoms with Gasteiger partial charge in [-0.05, 0) is 55.3 Å². The Morgan fingerprint density at radius 3 is 2.14 bits per heavy atom. The molecule has 8 nitrogen and oxygen atoms in total. The molecule has 29 heavy (non-hydrogen) atoms. The predicted octanol–water partition coefficient (Wildman–Crippen LogP) is 2.61. The van der Waals surface area contributed by atoms with E-state index in [0.29, 0.717) is 11.4 Å². The van der Waals surface area contributed by atoms with Crippen molar-refractivity contribution in [3.8, 4) is 0 Å². The number of hydrogen-bond donors (Lipinski definition) is 3. The van der Waals surface area contributed by atoms with Gasteiger partial charge in [-0.25, -0.2) is 21.9 Å². The molecular weight excluding hydrogens is 399 g/mol. The van der Waals surface area contributed by atoms with Crippen LogP contribution in [0.15, 0.2) is 47.4 Å². The van der Waals surface area contributed by atoms with Gasteiger partial charge in [-0.1, -0.05) is 0 Å². The lowest BCUT2D eigenvalue weighted by atomic mass is 10.2. The minimum absolute atomic E-state index is 0.00200. The van der Waals surface area contributed by atoms with Crippen molar-refractivity contribution in [2.45, 2.75) is 23.8 Å². The van der Waals surface area contributed by atoms with Crippen molar-refractivity contribution in [1.29, 1.82) is 0 Å². The molecule has 1 saturated carbocycles. The standard InChI is InChI=1S/C19H21FN4O4S/c1-24(2)29(27,28)17-11-12(3-10-16(17)20)18(25)21-13-4-6-14(7-5-13)22-19(26)23-15-8-9-15/h3-7,10-11,15H,8-9H2,1-2H3,(H,21,25)(H2,22,23,26). The van der Waals surface area contributed by atoms with Crippen LogP contribution in [0.2, 0.25) is 0 Å². The fourth-order valence-corrected chi connectivity index (χ4v) is 3.44. The third kappa shape index (κ3) is 5.09. The van der Waals surface area contributed by atoms with Crippen LogP contribution in [0.1, 0.15) is 23.2 Å². The minimum Gasteiger partial charge on any atom is -0.335 e. The number of nitrogens with zero attached hydrogens (tertiary/aromatic N) is 1. The van der Waals surface area contributed by atoms with E-state index in [1.165, 1.54) is 20.2 Å². The molecule has 2 aromatic carbocycles. The largest absolute Gasteiger partial charge is 0.335 e. The Morgan fingerprint density at radius 2 is 1.59 bits per heavy atom. The Kier molecular flexibility index (Phi) is 5.85. The van der Waals surface area contributed by atoms with Crippen molar-refractivity contribution in [1.82, 2.24) is 9.62 Å². The maximum absolute atomic E-state index is 14.0. The van der Waals surface area contributed by atoms with E-state index >= 15 is 0 Å². The molecule has 0 radical (unpaired) electrons. The zero-order valence-electron chi connectivity index (χ0n) is 15.9. The fourth-order valence-electron chi connectivity index (χ4n) is 2.46. The van der Waals surface area contributed by atoms with E-state index in [1.807, 2.05) is 0 Å². The van der Waals surface area contributed by atoms with Crippen molar-refractivity contribution in [3.63, 3.8) is 0 Å². The molecule has 2 aromatic rings. The predicted molar refractivity (Wildman–Crippen MR) is 107 cm³/mol. The van der Waals surface area contributed by atoms with Crippen LogP contribution in [-0.2, 0) is 10.0 Å². The maximum atomic E-state index is 14.0. The van der Waals surface area contributed by atoms with E-state index in [9.17, 15) is 22.4 Å². The average molecular weight is 420 g/mol. The van der Waals surface area contributed by atoms with E-state index in [4.69, 9.17) is 0 Å². The number of benzene rings is 2. The number of sulfonamides is 1. The molecular formula is C19H21FN4O4S. The molecule has 0 unspecified atom stereocenters. The van der Waals surface area contributed by atoms with Crippen LogP contribution in [0, 0.1) is 5.82 Å². The monoisotopic (exact) mass is 420 g/mol. The SMILES string of the molecule is CN(C)S(=O)(=O)c1cc(C(=O)Nc2ccc(NC(=O)NC3CC3)cc2)ccc1F. The normalized spacial score (nSPS) is 13.8. The number of anilines is 2. The van der Waals surface area contributed by atoms with E-state index in [1.54, 1.807) is 24.3 Å². The highest BCUT2D eigenvalue weighted by molar-refractivity contribution is 7.89. The van der Waals surface area contributed by atoms with Crippen molar-refractivity contribution in [2.24, 2.45) is 0 Å². The summed E-state index contributed by atoms with van der Waals surface area (Å²) in [5.74, 6) is -1.53. The first-order valence-corrected chi connectivity index (χ1v) is 10.3. The summed E-state index contributed by atoms with van der Waals surface area (Å²) in [5.41, 5.74) is 0.990. The first-order chi connectivity index (χ1) is 13.7. The molecule has 3 N–H and O–H groups in total. The van der Waals surface area contributed by atoms with Crippen LogP contribution in [-0.4, -0.2) is 44.8 Å². The summed E-state index contributed by atoms with van der Waals surface area (Å²) in [5, 5.41) is 8.10. The smallest absolute Gasteiger partial charge is 0.319 e. The Hall–Kier alpha value is -2.98. The van der Waals surface area contributed by atoms with Gasteiger partial charge in [0.25, 0.3) is 5.91 Å². The van der Waals surface area contributed by atoms with Crippen LogP contribution in [0.3, 0.4) is 0 Å². The van der Waals surface area contributed by atoms with Gasteiger partial charge in [0.15, 0.2) is 0 Å². The molecule has 10 heteroatoms. The zero-order valence-corrected chi connectivity index (χ0v) is 16.7. The molecule has 0 spiro atoms. The van der Waals surface area contributed by atoms with Crippen molar-refractivity contribution in [3.05, 3.63) is 53.8 Å². The van der Waals surface area contributed by atoms with Gasteiger partial charge < -0.3 is 16.0 Å². The molecule has 1 aliphatic carbocycles. The summed E-state index contributed by atoms with van der Waals surface area (Å²) in [6, 6.07) is 9.52. The summed E-state index contributed by atoms with van der Waals surface area (Å²) >= 11 is 0. The average Bonchev–Trinajstić information content (AvgIpc) is 3.47. The molecule has 3 amide bonds. The number of amides is 3. The second kappa shape index (κ2) is 8.18. The molecule has 1 fully saturated rings. The molecule has 0 heterocycles. The Balaban J connectivity index is 1.69. The van der Waals surface area contributed by atoms with E-state index < -0.39 is 26.6 Å². The van der Waals surface area contributed by atoms with Crippen molar-refractivity contribution in [2.75, 3.05) is 24.7 Å². The molecule has 1 aliphatic rings. The van der Waals surface area contributed by atoms with Crippen molar-refractivity contribution >= 4 is 33.3 Å². The van der Waals surface area contributed by atoms with Gasteiger partial charge in [-0.15, -0.1) is 0 Å². The first-order valence-electron chi connectivity index (χ1n) is 8.88. The van der Waals surface area contributed by atoms with Gasteiger partial charge in [-0.3, -0.25) is 4.79 Å². The third-order valence-electron chi connectivity index (χ3n) is 4.27. The Labute approximate surface area is 168 Å². The third-order valence-corrected chi connectivity index (χ3v) is 6.10. The van der Waals surface area contributed by atoms with E-state index in [0.717, 1.165) is 29.3 Å². The number of carbonyl (C=O) groups is 2. The number of urea groups is 1. The lowest BCUT2D eigenvalue weighted by Gasteiger charge is -2.13. The highest BCUT2D eigenvalue weighted by Gasteiger charge is 2.24. The molecule has 0 atom stereocenters. The van der Waals surface area contributed by atoms with Crippen LogP contribution in [0.25, 0.3) is 0 Å². The minimum atomic E-state index is -4.03. The van der Waals surface area contributed by atoms with Crippen LogP contribution < -0.4 is 16.0 Å². The lowest BCUT2D eigenvalue weighted by Crippen LogP contribution is -2.30. The van der Waals surface area contributed by atoms with Gasteiger partial charge in [0.2, 0.25) is 10.0 Å². The topological polar surface area (TPSA) is 108 Å². The molecule has 154 valence electrons. The number of hydrogen-bond acceptors (Lipinski definition) is 4. The molecule has 3 rings (SSSR count). The molecule has 0 aliphatic heterocycles. The van der Waals surface area contributed by atoms with Crippen LogP contribution >= 0.6 is 0 Å². The van der Waals surface area contributed by atoms with Crippen molar-refractivity contribution < 1.29 is 22.4 Å². The zero-order chi connectivity index (χ0) is 21.2. The summed E-state index contributed by atoms with van der Waals surface area (Å²) in [6.45, 7) is 0. The van der Waals surface area contributed by atoms with E-state index in [-0.39, 0.29) is 17.6 Å². The van der Waals surface area contributed by atoms with Gasteiger partial charge in [0.05, 0.1) is 0 Å². The van der Waals surface area contributed by atoms with Gasteiger partial charge in [-0.2, -0.15) is 0 Å². The lowest BCUT2D eigenvalue weighted by molar-refractivity contribution is 0.102. The van der Waals surface area contributed by atoms with Crippen LogP contribution in [0.5, 0.6) is 0 Å². The van der Waals surface area contributed by atoms with Crippen LogP contribution in [0.4, 0.5) is 20.6 Å². The number of carbonyl (C=O) groups excluding carboxylic acids is 2. The summed E-state index contributed by atoms with van der Waals surface area (Å²) in [7, 11) is -1.47. The van der Waals surface area contributed by atoms with Gasteiger partial charge in [0.1, 0.15) is 10.7 Å².